The minimum absolute atomic E-state index is 0.0522. The van der Waals surface area contributed by atoms with Crippen molar-refractivity contribution in [1.82, 2.24) is 5.32 Å². The largest absolute Gasteiger partial charge is 0.481 e. The lowest BCUT2D eigenvalue weighted by Gasteiger charge is -2.42. The Morgan fingerprint density at radius 1 is 1.13 bits per heavy atom. The van der Waals surface area contributed by atoms with E-state index in [9.17, 15) is 14.7 Å². The molecule has 31 heavy (non-hydrogen) atoms. The van der Waals surface area contributed by atoms with E-state index in [0.29, 0.717) is 0 Å². The van der Waals surface area contributed by atoms with E-state index < -0.39 is 29.0 Å². The van der Waals surface area contributed by atoms with Gasteiger partial charge in [-0.3, -0.25) is 20.6 Å². The molecule has 4 rings (SSSR count). The molecule has 2 aromatic carbocycles. The quantitative estimate of drug-likeness (QED) is 0.464. The Hall–Kier alpha value is -2.55. The van der Waals surface area contributed by atoms with Gasteiger partial charge in [-0.2, -0.15) is 0 Å². The number of rotatable bonds is 6. The average Bonchev–Trinajstić information content (AvgIpc) is 3.12. The summed E-state index contributed by atoms with van der Waals surface area (Å²) in [6, 6.07) is 18.8. The first-order valence-corrected chi connectivity index (χ1v) is 11.3. The lowest BCUT2D eigenvalue weighted by molar-refractivity contribution is -0.153. The summed E-state index contributed by atoms with van der Waals surface area (Å²) in [6.45, 7) is 1.57. The van der Waals surface area contributed by atoms with E-state index in [-0.39, 0.29) is 11.8 Å². The number of hydrogen-bond donors (Lipinski definition) is 3. The summed E-state index contributed by atoms with van der Waals surface area (Å²) in [6.07, 6.45) is 0.579. The topological polar surface area (TPSA) is 105 Å². The Bertz CT molecular complexity index is 904. The van der Waals surface area contributed by atoms with Crippen LogP contribution in [0.25, 0.3) is 0 Å². The van der Waals surface area contributed by atoms with Crippen molar-refractivity contribution in [2.45, 2.75) is 41.7 Å². The van der Waals surface area contributed by atoms with Gasteiger partial charge < -0.3 is 14.7 Å². The van der Waals surface area contributed by atoms with Crippen LogP contribution in [-0.2, 0) is 14.3 Å². The maximum absolute atomic E-state index is 13.1. The second kappa shape index (κ2) is 9.30. The van der Waals surface area contributed by atoms with Gasteiger partial charge in [0, 0.05) is 29.1 Å². The molecule has 0 aromatic heterocycles. The summed E-state index contributed by atoms with van der Waals surface area (Å²) in [5.41, 5.74) is 7.99. The molecule has 0 saturated carbocycles. The number of carbonyl (C=O) groups is 2. The summed E-state index contributed by atoms with van der Waals surface area (Å²) >= 11 is 1.56. The molecule has 8 heteroatoms. The van der Waals surface area contributed by atoms with Gasteiger partial charge in [-0.15, -0.1) is 11.8 Å². The monoisotopic (exact) mass is 441 g/mol. The second-order valence-corrected chi connectivity index (χ2v) is 9.58. The number of aliphatic carboxylic acids is 1. The number of hydrogen-bond acceptors (Lipinski definition) is 7. The van der Waals surface area contributed by atoms with Crippen molar-refractivity contribution in [3.63, 3.8) is 0 Å². The zero-order chi connectivity index (χ0) is 21.8. The van der Waals surface area contributed by atoms with Gasteiger partial charge in [-0.05, 0) is 25.0 Å². The molecule has 3 atom stereocenters. The number of ether oxygens (including phenoxy) is 1. The molecule has 0 amide bonds. The summed E-state index contributed by atoms with van der Waals surface area (Å²) < 4.78 is 5.20. The summed E-state index contributed by atoms with van der Waals surface area (Å²) in [5.74, 6) is -1.32. The van der Waals surface area contributed by atoms with E-state index in [4.69, 9.17) is 10.5 Å². The van der Waals surface area contributed by atoms with E-state index >= 15 is 0 Å². The highest BCUT2D eigenvalue weighted by Gasteiger charge is 2.53. The molecule has 2 saturated heterocycles. The van der Waals surface area contributed by atoms with Crippen LogP contribution < -0.4 is 16.0 Å². The van der Waals surface area contributed by atoms with Gasteiger partial charge in [-0.1, -0.05) is 48.5 Å². The molecule has 1 spiro atoms. The highest BCUT2D eigenvalue weighted by Crippen LogP contribution is 2.47. The third-order valence-electron chi connectivity index (χ3n) is 5.95. The van der Waals surface area contributed by atoms with Crippen molar-refractivity contribution in [1.29, 1.82) is 0 Å². The molecule has 0 bridgehead atoms. The molecule has 2 fully saturated rings. The van der Waals surface area contributed by atoms with Crippen LogP contribution in [0.3, 0.4) is 0 Å². The molecule has 2 aliphatic heterocycles. The number of anilines is 1. The molecule has 4 N–H and O–H groups in total. The minimum Gasteiger partial charge on any atom is -0.481 e. The minimum atomic E-state index is -0.892. The van der Waals surface area contributed by atoms with Crippen LogP contribution in [0.4, 0.5) is 5.69 Å². The lowest BCUT2D eigenvalue weighted by Crippen LogP contribution is -2.54. The fourth-order valence-corrected chi connectivity index (χ4v) is 6.07. The van der Waals surface area contributed by atoms with Gasteiger partial charge in [0.05, 0.1) is 11.8 Å². The average molecular weight is 442 g/mol. The maximum Gasteiger partial charge on any atom is 0.326 e. The summed E-state index contributed by atoms with van der Waals surface area (Å²) in [4.78, 5) is 26.8. The molecule has 7 nitrogen and oxygen atoms in total. The number of carboxylic acids is 1. The van der Waals surface area contributed by atoms with Crippen molar-refractivity contribution >= 4 is 29.4 Å². The van der Waals surface area contributed by atoms with Gasteiger partial charge in [0.2, 0.25) is 0 Å². The first-order chi connectivity index (χ1) is 15.0. The standard InChI is InChI=1S/C23H27N3O4S/c24-21(16-7-3-1-4-8-16)30-22(29)20-23(31-18(25-20)15-19(27)28)11-13-26(14-12-23)17-9-5-2-6-10-17/h1-10,18,20-21,25H,11-15,24H2,(H,27,28). The number of thioether (sulfide) groups is 1. The smallest absolute Gasteiger partial charge is 0.326 e. The number of para-hydroxylation sites is 1. The van der Waals surface area contributed by atoms with Gasteiger partial charge in [-0.25, -0.2) is 0 Å². The van der Waals surface area contributed by atoms with Gasteiger partial charge >= 0.3 is 11.9 Å². The van der Waals surface area contributed by atoms with E-state index in [1.54, 1.807) is 11.8 Å². The molecule has 0 aliphatic carbocycles. The van der Waals surface area contributed by atoms with Gasteiger partial charge in [0.1, 0.15) is 6.04 Å². The first-order valence-electron chi connectivity index (χ1n) is 10.4. The third kappa shape index (κ3) is 4.87. The summed E-state index contributed by atoms with van der Waals surface area (Å²) in [5, 5.41) is 12.2. The zero-order valence-electron chi connectivity index (χ0n) is 17.1. The predicted octanol–water partition coefficient (Wildman–Crippen LogP) is 2.73. The van der Waals surface area contributed by atoms with Crippen molar-refractivity contribution in [2.75, 3.05) is 18.0 Å². The highest BCUT2D eigenvalue weighted by atomic mass is 32.2. The molecule has 2 aliphatic rings. The maximum atomic E-state index is 13.1. The molecular formula is C23H27N3O4S. The first kappa shape index (κ1) is 21.7. The Morgan fingerprint density at radius 3 is 2.35 bits per heavy atom. The molecule has 0 radical (unpaired) electrons. The fourth-order valence-electron chi connectivity index (χ4n) is 4.36. The Morgan fingerprint density at radius 2 is 1.74 bits per heavy atom. The SMILES string of the molecule is NC(OC(=O)C1NC(CC(=O)O)SC12CCN(c1ccccc1)CC2)c1ccccc1. The predicted molar refractivity (Wildman–Crippen MR) is 121 cm³/mol. The van der Waals surface area contributed by atoms with E-state index in [1.165, 1.54) is 0 Å². The van der Waals surface area contributed by atoms with E-state index in [1.807, 2.05) is 48.5 Å². The number of carbonyl (C=O) groups excluding carboxylic acids is 1. The van der Waals surface area contributed by atoms with Crippen LogP contribution in [0.1, 0.15) is 31.1 Å². The van der Waals surface area contributed by atoms with E-state index in [2.05, 4.69) is 22.3 Å². The van der Waals surface area contributed by atoms with E-state index in [0.717, 1.165) is 37.2 Å². The zero-order valence-corrected chi connectivity index (χ0v) is 18.0. The van der Waals surface area contributed by atoms with Crippen LogP contribution >= 0.6 is 11.8 Å². The second-order valence-electron chi connectivity index (χ2n) is 7.96. The number of nitrogens with one attached hydrogen (secondary N) is 1. The van der Waals surface area contributed by atoms with Crippen LogP contribution in [-0.4, -0.2) is 46.3 Å². The molecule has 2 aromatic rings. The molecule has 2 heterocycles. The van der Waals surface area contributed by atoms with Crippen LogP contribution in [0, 0.1) is 0 Å². The van der Waals surface area contributed by atoms with Crippen molar-refractivity contribution < 1.29 is 19.4 Å². The normalized spacial score (nSPS) is 23.5. The summed E-state index contributed by atoms with van der Waals surface area (Å²) in [7, 11) is 0. The van der Waals surface area contributed by atoms with Crippen LogP contribution in [0.5, 0.6) is 0 Å². The highest BCUT2D eigenvalue weighted by molar-refractivity contribution is 8.01. The Balaban J connectivity index is 1.49. The molecule has 3 unspecified atom stereocenters. The number of carboxylic acid groups (broad SMARTS) is 1. The van der Waals surface area contributed by atoms with Gasteiger partial charge in [0.25, 0.3) is 0 Å². The Kier molecular flexibility index (Phi) is 6.50. The van der Waals surface area contributed by atoms with Crippen molar-refractivity contribution in [3.8, 4) is 0 Å². The third-order valence-corrected chi connectivity index (χ3v) is 7.65. The lowest BCUT2D eigenvalue weighted by atomic mass is 9.88. The molecular weight excluding hydrogens is 414 g/mol. The van der Waals surface area contributed by atoms with Crippen molar-refractivity contribution in [2.24, 2.45) is 5.73 Å². The Labute approximate surface area is 185 Å². The number of esters is 1. The fraction of sp³-hybridized carbons (Fsp3) is 0.391. The van der Waals surface area contributed by atoms with Crippen LogP contribution in [0.15, 0.2) is 60.7 Å². The number of nitrogens with two attached hydrogens (primary N) is 1. The number of piperidine rings is 1. The van der Waals surface area contributed by atoms with Crippen molar-refractivity contribution in [3.05, 3.63) is 66.2 Å². The number of nitrogens with zero attached hydrogens (tertiary/aromatic N) is 1. The molecule has 164 valence electrons. The van der Waals surface area contributed by atoms with Gasteiger partial charge in [0.15, 0.2) is 6.23 Å². The van der Waals surface area contributed by atoms with Crippen LogP contribution in [0.2, 0.25) is 0 Å². The number of benzene rings is 2.